The van der Waals surface area contributed by atoms with E-state index in [0.29, 0.717) is 0 Å². The van der Waals surface area contributed by atoms with Crippen LogP contribution < -0.4 is 25.4 Å². The van der Waals surface area contributed by atoms with E-state index < -0.39 is 7.26 Å². The predicted octanol–water partition coefficient (Wildman–Crippen LogP) is 6.79. The molecular formula is C33H30O2P+. The fourth-order valence-corrected chi connectivity index (χ4v) is 10.1. The van der Waals surface area contributed by atoms with Crippen LogP contribution in [0.1, 0.15) is 16.8 Å². The van der Waals surface area contributed by atoms with Crippen molar-refractivity contribution in [1.82, 2.24) is 0 Å². The summed E-state index contributed by atoms with van der Waals surface area (Å²) < 4.78 is 11.0. The first-order valence-electron chi connectivity index (χ1n) is 12.1. The van der Waals surface area contributed by atoms with Gasteiger partial charge in [-0.2, -0.15) is 0 Å². The second-order valence-corrected chi connectivity index (χ2v) is 12.2. The molecule has 3 heteroatoms. The summed E-state index contributed by atoms with van der Waals surface area (Å²) in [6, 6.07) is 50.2. The van der Waals surface area contributed by atoms with E-state index in [1.54, 1.807) is 14.2 Å². The molecule has 0 aliphatic rings. The minimum absolute atomic E-state index is 0.0847. The summed E-state index contributed by atoms with van der Waals surface area (Å²) in [6.07, 6.45) is 0. The van der Waals surface area contributed by atoms with Crippen LogP contribution in [0.3, 0.4) is 0 Å². The Labute approximate surface area is 214 Å². The first-order valence-corrected chi connectivity index (χ1v) is 14.0. The third-order valence-electron chi connectivity index (χ3n) is 6.74. The molecule has 5 rings (SSSR count). The third kappa shape index (κ3) is 4.41. The molecule has 0 fully saturated rings. The van der Waals surface area contributed by atoms with Gasteiger partial charge in [0.2, 0.25) is 0 Å². The quantitative estimate of drug-likeness (QED) is 0.224. The molecule has 0 heterocycles. The van der Waals surface area contributed by atoms with E-state index in [4.69, 9.17) is 9.47 Å². The Morgan fingerprint density at radius 3 is 1.00 bits per heavy atom. The van der Waals surface area contributed by atoms with Crippen LogP contribution in [0, 0.1) is 0 Å². The molecule has 0 saturated heterocycles. The number of rotatable bonds is 8. The highest BCUT2D eigenvalue weighted by molar-refractivity contribution is 7.96. The van der Waals surface area contributed by atoms with Crippen LogP contribution in [0.5, 0.6) is 11.5 Å². The van der Waals surface area contributed by atoms with E-state index in [-0.39, 0.29) is 5.66 Å². The van der Waals surface area contributed by atoms with E-state index >= 15 is 0 Å². The van der Waals surface area contributed by atoms with Crippen molar-refractivity contribution in [3.63, 3.8) is 0 Å². The lowest BCUT2D eigenvalue weighted by Crippen LogP contribution is -2.35. The van der Waals surface area contributed by atoms with Gasteiger partial charge in [0.15, 0.2) is 0 Å². The normalized spacial score (nSPS) is 11.3. The van der Waals surface area contributed by atoms with Crippen molar-refractivity contribution in [3.8, 4) is 11.5 Å². The topological polar surface area (TPSA) is 18.5 Å². The average Bonchev–Trinajstić information content (AvgIpc) is 2.97. The number of ether oxygens (including phenoxy) is 2. The number of benzene rings is 5. The van der Waals surface area contributed by atoms with Gasteiger partial charge in [-0.15, -0.1) is 0 Å². The summed E-state index contributed by atoms with van der Waals surface area (Å²) in [5, 5.41) is 4.04. The molecular weight excluding hydrogens is 459 g/mol. The Hall–Kier alpha value is -3.87. The van der Waals surface area contributed by atoms with Crippen LogP contribution in [0.2, 0.25) is 0 Å². The number of hydrogen-bond acceptors (Lipinski definition) is 2. The highest BCUT2D eigenvalue weighted by Crippen LogP contribution is 2.69. The van der Waals surface area contributed by atoms with Crippen LogP contribution in [-0.4, -0.2) is 14.2 Å². The molecule has 2 nitrogen and oxygen atoms in total. The van der Waals surface area contributed by atoms with Gasteiger partial charge < -0.3 is 9.47 Å². The first-order chi connectivity index (χ1) is 17.8. The standard InChI is InChI=1S/C33H30O2P/c1-34-28-22-18-26(19-23-28)33(27-20-24-29(35-2)25-21-27)36(30-12-6-3-7-13-30,31-14-8-4-9-15-31)32-16-10-5-11-17-32/h3-25,33H,1-2H3/q+1. The SMILES string of the molecule is COc1ccc(C(c2ccc(OC)cc2)[P+](c2ccccc2)(c2ccccc2)c2ccccc2)cc1. The van der Waals surface area contributed by atoms with E-state index in [0.717, 1.165) is 11.5 Å². The zero-order valence-electron chi connectivity index (χ0n) is 20.6. The van der Waals surface area contributed by atoms with Crippen molar-refractivity contribution in [3.05, 3.63) is 151 Å². The van der Waals surface area contributed by atoms with Gasteiger partial charge in [-0.3, -0.25) is 0 Å². The molecule has 36 heavy (non-hydrogen) atoms. The van der Waals surface area contributed by atoms with Crippen molar-refractivity contribution in [1.29, 1.82) is 0 Å². The first kappa shape index (κ1) is 23.9. The minimum atomic E-state index is -2.24. The second-order valence-electron chi connectivity index (χ2n) is 8.68. The van der Waals surface area contributed by atoms with Gasteiger partial charge in [0.1, 0.15) is 40.3 Å². The fraction of sp³-hybridized carbons (Fsp3) is 0.0909. The summed E-state index contributed by atoms with van der Waals surface area (Å²) in [5.74, 6) is 1.71. The van der Waals surface area contributed by atoms with Crippen LogP contribution in [0.4, 0.5) is 0 Å². The van der Waals surface area contributed by atoms with Gasteiger partial charge in [0, 0.05) is 0 Å². The molecule has 0 unspecified atom stereocenters. The van der Waals surface area contributed by atoms with Gasteiger partial charge in [0.05, 0.1) is 14.2 Å². The van der Waals surface area contributed by atoms with Gasteiger partial charge in [-0.05, 0) is 71.8 Å². The smallest absolute Gasteiger partial charge is 0.134 e. The molecule has 0 spiro atoms. The number of methoxy groups -OCH3 is 2. The van der Waals surface area contributed by atoms with Crippen LogP contribution in [-0.2, 0) is 0 Å². The average molecular weight is 490 g/mol. The summed E-state index contributed by atoms with van der Waals surface area (Å²) in [6.45, 7) is 0. The van der Waals surface area contributed by atoms with Crippen LogP contribution in [0.25, 0.3) is 0 Å². The lowest BCUT2D eigenvalue weighted by Gasteiger charge is -2.35. The predicted molar refractivity (Wildman–Crippen MR) is 153 cm³/mol. The molecule has 0 aliphatic carbocycles. The van der Waals surface area contributed by atoms with Gasteiger partial charge in [-0.25, -0.2) is 0 Å². The maximum absolute atomic E-state index is 5.52. The Bertz CT molecular complexity index is 1220. The van der Waals surface area contributed by atoms with Crippen LogP contribution in [0.15, 0.2) is 140 Å². The Kier molecular flexibility index (Phi) is 7.16. The molecule has 0 amide bonds. The Balaban J connectivity index is 1.90. The van der Waals surface area contributed by atoms with Gasteiger partial charge in [0.25, 0.3) is 0 Å². The molecule has 0 aliphatic heterocycles. The van der Waals surface area contributed by atoms with Gasteiger partial charge >= 0.3 is 0 Å². The maximum atomic E-state index is 5.52. The van der Waals surface area contributed by atoms with Crippen LogP contribution >= 0.6 is 7.26 Å². The third-order valence-corrected chi connectivity index (χ3v) is 11.4. The van der Waals surface area contributed by atoms with E-state index in [1.807, 2.05) is 0 Å². The summed E-state index contributed by atoms with van der Waals surface area (Å²) in [7, 11) is 1.19. The van der Waals surface area contributed by atoms with E-state index in [2.05, 4.69) is 140 Å². The minimum Gasteiger partial charge on any atom is -0.497 e. The highest BCUT2D eigenvalue weighted by Gasteiger charge is 2.53. The highest BCUT2D eigenvalue weighted by atomic mass is 31.2. The largest absolute Gasteiger partial charge is 0.497 e. The molecule has 0 N–H and O–H groups in total. The Morgan fingerprint density at radius 1 is 0.417 bits per heavy atom. The molecule has 0 aromatic heterocycles. The molecule has 5 aromatic rings. The van der Waals surface area contributed by atoms with Crippen molar-refractivity contribution < 1.29 is 9.47 Å². The maximum Gasteiger partial charge on any atom is 0.134 e. The van der Waals surface area contributed by atoms with E-state index in [1.165, 1.54) is 27.0 Å². The van der Waals surface area contributed by atoms with Crippen molar-refractivity contribution in [2.75, 3.05) is 14.2 Å². The lowest BCUT2D eigenvalue weighted by atomic mass is 10.0. The van der Waals surface area contributed by atoms with Gasteiger partial charge in [-0.1, -0.05) is 78.9 Å². The second kappa shape index (κ2) is 10.8. The molecule has 5 aromatic carbocycles. The fourth-order valence-electron chi connectivity index (χ4n) is 5.10. The molecule has 178 valence electrons. The van der Waals surface area contributed by atoms with Crippen molar-refractivity contribution in [2.24, 2.45) is 0 Å². The zero-order valence-corrected chi connectivity index (χ0v) is 21.5. The van der Waals surface area contributed by atoms with Crippen molar-refractivity contribution in [2.45, 2.75) is 5.66 Å². The number of hydrogen-bond donors (Lipinski definition) is 0. The molecule has 0 atom stereocenters. The summed E-state index contributed by atoms with van der Waals surface area (Å²) in [5.41, 5.74) is 2.60. The molecule has 0 bridgehead atoms. The Morgan fingerprint density at radius 2 is 0.722 bits per heavy atom. The summed E-state index contributed by atoms with van der Waals surface area (Å²) in [4.78, 5) is 0. The zero-order chi connectivity index (χ0) is 24.8. The van der Waals surface area contributed by atoms with E-state index in [9.17, 15) is 0 Å². The lowest BCUT2D eigenvalue weighted by molar-refractivity contribution is 0.414. The summed E-state index contributed by atoms with van der Waals surface area (Å²) >= 11 is 0. The molecule has 0 radical (unpaired) electrons. The van der Waals surface area contributed by atoms with Crippen molar-refractivity contribution >= 4 is 23.2 Å². The monoisotopic (exact) mass is 489 g/mol. The molecule has 0 saturated carbocycles.